The van der Waals surface area contributed by atoms with Gasteiger partial charge >= 0.3 is 0 Å². The minimum atomic E-state index is 0.667. The number of aryl methyl sites for hydroxylation is 3. The molecule has 3 aromatic heterocycles. The van der Waals surface area contributed by atoms with E-state index in [0.717, 1.165) is 51.4 Å². The monoisotopic (exact) mass is 339 g/mol. The SMILES string of the molecule is CCn1c2ccccc2c2nnc(SCc3c(C)noc3C)nc21. The lowest BCUT2D eigenvalue weighted by Crippen LogP contribution is -1.98. The number of benzene rings is 1. The molecule has 1 aromatic carbocycles. The highest BCUT2D eigenvalue weighted by atomic mass is 32.2. The lowest BCUT2D eigenvalue weighted by Gasteiger charge is -2.03. The zero-order valence-corrected chi connectivity index (χ0v) is 14.6. The first kappa shape index (κ1) is 15.1. The molecule has 0 amide bonds. The molecule has 0 radical (unpaired) electrons. The number of aromatic nitrogens is 5. The van der Waals surface area contributed by atoms with Crippen molar-refractivity contribution in [1.82, 2.24) is 24.9 Å². The lowest BCUT2D eigenvalue weighted by atomic mass is 10.2. The Morgan fingerprint density at radius 1 is 1.17 bits per heavy atom. The molecule has 0 spiro atoms. The van der Waals surface area contributed by atoms with E-state index in [1.165, 1.54) is 0 Å². The molecule has 0 fully saturated rings. The molecule has 122 valence electrons. The summed E-state index contributed by atoms with van der Waals surface area (Å²) >= 11 is 1.55. The van der Waals surface area contributed by atoms with Crippen molar-refractivity contribution >= 4 is 33.8 Å². The zero-order valence-electron chi connectivity index (χ0n) is 13.8. The van der Waals surface area contributed by atoms with E-state index in [0.29, 0.717) is 5.16 Å². The summed E-state index contributed by atoms with van der Waals surface area (Å²) in [7, 11) is 0. The van der Waals surface area contributed by atoms with E-state index in [4.69, 9.17) is 9.51 Å². The minimum absolute atomic E-state index is 0.667. The van der Waals surface area contributed by atoms with Gasteiger partial charge < -0.3 is 9.09 Å². The molecule has 0 unspecified atom stereocenters. The first-order valence-electron chi connectivity index (χ1n) is 7.85. The molecular formula is C17H17N5OS. The summed E-state index contributed by atoms with van der Waals surface area (Å²) in [6.07, 6.45) is 0. The van der Waals surface area contributed by atoms with E-state index >= 15 is 0 Å². The molecule has 0 N–H and O–H groups in total. The first-order chi connectivity index (χ1) is 11.7. The molecule has 3 heterocycles. The van der Waals surface area contributed by atoms with Crippen LogP contribution in [0.4, 0.5) is 0 Å². The quantitative estimate of drug-likeness (QED) is 0.525. The van der Waals surface area contributed by atoms with Gasteiger partial charge in [0.05, 0.1) is 11.2 Å². The Bertz CT molecular complexity index is 1020. The molecule has 4 rings (SSSR count). The van der Waals surface area contributed by atoms with Crippen LogP contribution in [0.1, 0.15) is 23.9 Å². The Morgan fingerprint density at radius 2 is 2.00 bits per heavy atom. The molecule has 0 atom stereocenters. The highest BCUT2D eigenvalue weighted by Gasteiger charge is 2.15. The molecular weight excluding hydrogens is 322 g/mol. The molecule has 0 aliphatic carbocycles. The molecule has 0 saturated heterocycles. The van der Waals surface area contributed by atoms with Crippen molar-refractivity contribution in [1.29, 1.82) is 0 Å². The third kappa shape index (κ3) is 2.36. The van der Waals surface area contributed by atoms with Crippen LogP contribution in [0.2, 0.25) is 0 Å². The van der Waals surface area contributed by atoms with Crippen LogP contribution in [0, 0.1) is 13.8 Å². The van der Waals surface area contributed by atoms with Gasteiger partial charge in [-0.3, -0.25) is 0 Å². The summed E-state index contributed by atoms with van der Waals surface area (Å²) < 4.78 is 7.39. The predicted molar refractivity (Wildman–Crippen MR) is 94.0 cm³/mol. The van der Waals surface area contributed by atoms with Crippen LogP contribution in [0.5, 0.6) is 0 Å². The number of para-hydroxylation sites is 1. The molecule has 24 heavy (non-hydrogen) atoms. The average Bonchev–Trinajstić information content (AvgIpc) is 3.09. The van der Waals surface area contributed by atoms with E-state index in [-0.39, 0.29) is 0 Å². The fraction of sp³-hybridized carbons (Fsp3) is 0.294. The molecule has 4 aromatic rings. The topological polar surface area (TPSA) is 69.6 Å². The second-order valence-electron chi connectivity index (χ2n) is 5.62. The van der Waals surface area contributed by atoms with Crippen molar-refractivity contribution in [2.75, 3.05) is 0 Å². The maximum Gasteiger partial charge on any atom is 0.211 e. The van der Waals surface area contributed by atoms with Gasteiger partial charge in [-0.25, -0.2) is 4.98 Å². The van der Waals surface area contributed by atoms with Gasteiger partial charge in [-0.15, -0.1) is 10.2 Å². The van der Waals surface area contributed by atoms with Crippen LogP contribution >= 0.6 is 11.8 Å². The van der Waals surface area contributed by atoms with Crippen LogP contribution in [-0.4, -0.2) is 24.9 Å². The maximum atomic E-state index is 5.21. The number of hydrogen-bond acceptors (Lipinski definition) is 6. The van der Waals surface area contributed by atoms with Gasteiger partial charge in [0.2, 0.25) is 5.16 Å². The Morgan fingerprint density at radius 3 is 2.75 bits per heavy atom. The molecule has 0 aliphatic rings. The number of rotatable bonds is 4. The summed E-state index contributed by atoms with van der Waals surface area (Å²) in [6, 6.07) is 8.22. The average molecular weight is 339 g/mol. The van der Waals surface area contributed by atoms with Crippen molar-refractivity contribution in [3.63, 3.8) is 0 Å². The van der Waals surface area contributed by atoms with Crippen molar-refractivity contribution in [3.05, 3.63) is 41.3 Å². The largest absolute Gasteiger partial charge is 0.361 e. The summed E-state index contributed by atoms with van der Waals surface area (Å²) in [5.74, 6) is 1.57. The zero-order chi connectivity index (χ0) is 16.7. The Balaban J connectivity index is 1.74. The van der Waals surface area contributed by atoms with E-state index in [1.54, 1.807) is 11.8 Å². The third-order valence-corrected chi connectivity index (χ3v) is 5.06. The number of fused-ring (bicyclic) bond motifs is 3. The lowest BCUT2D eigenvalue weighted by molar-refractivity contribution is 0.392. The second kappa shape index (κ2) is 5.90. The van der Waals surface area contributed by atoms with E-state index in [9.17, 15) is 0 Å². The van der Waals surface area contributed by atoms with Crippen LogP contribution < -0.4 is 0 Å². The first-order valence-corrected chi connectivity index (χ1v) is 8.83. The summed E-state index contributed by atoms with van der Waals surface area (Å²) in [4.78, 5) is 4.74. The van der Waals surface area contributed by atoms with Crippen LogP contribution in [0.15, 0.2) is 33.9 Å². The smallest absolute Gasteiger partial charge is 0.211 e. The molecule has 6 nitrogen and oxygen atoms in total. The summed E-state index contributed by atoms with van der Waals surface area (Å²) in [5.41, 5.74) is 4.89. The molecule has 7 heteroatoms. The van der Waals surface area contributed by atoms with Gasteiger partial charge in [-0.2, -0.15) is 0 Å². The summed E-state index contributed by atoms with van der Waals surface area (Å²) in [5, 5.41) is 14.5. The Labute approximate surface area is 143 Å². The van der Waals surface area contributed by atoms with Gasteiger partial charge in [-0.05, 0) is 26.8 Å². The van der Waals surface area contributed by atoms with Gasteiger partial charge in [0.25, 0.3) is 0 Å². The van der Waals surface area contributed by atoms with Crippen molar-refractivity contribution in [2.24, 2.45) is 0 Å². The van der Waals surface area contributed by atoms with Gasteiger partial charge in [0.15, 0.2) is 5.65 Å². The standard InChI is InChI=1S/C17H17N5OS/c1-4-22-14-8-6-5-7-12(14)15-16(22)18-17(20-19-15)24-9-13-10(2)21-23-11(13)3/h5-8H,4,9H2,1-3H3. The van der Waals surface area contributed by atoms with Crippen molar-refractivity contribution in [3.8, 4) is 0 Å². The summed E-state index contributed by atoms with van der Waals surface area (Å²) in [6.45, 7) is 6.83. The van der Waals surface area contributed by atoms with E-state index < -0.39 is 0 Å². The fourth-order valence-corrected chi connectivity index (χ4v) is 3.85. The molecule has 0 aliphatic heterocycles. The normalized spacial score (nSPS) is 11.6. The second-order valence-corrected chi connectivity index (χ2v) is 6.56. The Kier molecular flexibility index (Phi) is 3.72. The van der Waals surface area contributed by atoms with Gasteiger partial charge in [0.1, 0.15) is 11.3 Å². The number of hydrogen-bond donors (Lipinski definition) is 0. The van der Waals surface area contributed by atoms with Crippen molar-refractivity contribution < 1.29 is 4.52 Å². The van der Waals surface area contributed by atoms with E-state index in [1.807, 2.05) is 26.0 Å². The predicted octanol–water partition coefficient (Wildman–Crippen LogP) is 3.90. The van der Waals surface area contributed by atoms with E-state index in [2.05, 4.69) is 39.0 Å². The highest BCUT2D eigenvalue weighted by molar-refractivity contribution is 7.98. The van der Waals surface area contributed by atoms with Crippen LogP contribution in [0.3, 0.4) is 0 Å². The Hall–Kier alpha value is -2.41. The maximum absolute atomic E-state index is 5.21. The van der Waals surface area contributed by atoms with Crippen molar-refractivity contribution in [2.45, 2.75) is 38.2 Å². The third-order valence-electron chi connectivity index (χ3n) is 4.20. The fourth-order valence-electron chi connectivity index (χ4n) is 2.92. The van der Waals surface area contributed by atoms with Crippen LogP contribution in [0.25, 0.3) is 22.1 Å². The molecule has 0 bridgehead atoms. The minimum Gasteiger partial charge on any atom is -0.361 e. The van der Waals surface area contributed by atoms with Gasteiger partial charge in [-0.1, -0.05) is 35.1 Å². The molecule has 0 saturated carbocycles. The number of thioether (sulfide) groups is 1. The highest BCUT2D eigenvalue weighted by Crippen LogP contribution is 2.28. The number of nitrogens with zero attached hydrogens (tertiary/aromatic N) is 5. The van der Waals surface area contributed by atoms with Crippen LogP contribution in [-0.2, 0) is 12.3 Å². The van der Waals surface area contributed by atoms with Gasteiger partial charge in [0, 0.05) is 23.2 Å².